The van der Waals surface area contributed by atoms with Crippen molar-refractivity contribution in [2.24, 2.45) is 0 Å². The Balaban J connectivity index is 1.71. The molecular formula is C22H20O4. The van der Waals surface area contributed by atoms with Crippen molar-refractivity contribution >= 4 is 11.1 Å². The van der Waals surface area contributed by atoms with Gasteiger partial charge >= 0.3 is 0 Å². The highest BCUT2D eigenvalue weighted by Crippen LogP contribution is 2.49. The molecule has 2 aromatic rings. The fourth-order valence-corrected chi connectivity index (χ4v) is 3.88. The van der Waals surface area contributed by atoms with Crippen molar-refractivity contribution in [2.45, 2.75) is 11.6 Å². The van der Waals surface area contributed by atoms with Crippen LogP contribution in [0, 0.1) is 0 Å². The Morgan fingerprint density at radius 3 is 1.19 bits per heavy atom. The van der Waals surface area contributed by atoms with Crippen LogP contribution >= 0.6 is 0 Å². The summed E-state index contributed by atoms with van der Waals surface area (Å²) >= 11 is 0. The molecule has 2 aromatic carbocycles. The first-order valence-electron chi connectivity index (χ1n) is 8.95. The minimum Gasteiger partial charge on any atom is -0.340 e. The van der Waals surface area contributed by atoms with E-state index < -0.39 is 11.6 Å². The molecule has 2 saturated heterocycles. The SMILES string of the molecule is C1=C(c2ccccc2)C2(C=C(c3ccccc3)C13OCCO3)OCCO2. The van der Waals surface area contributed by atoms with Gasteiger partial charge in [-0.05, 0) is 23.3 Å². The van der Waals surface area contributed by atoms with E-state index in [0.717, 1.165) is 22.3 Å². The average molecular weight is 348 g/mol. The lowest BCUT2D eigenvalue weighted by Gasteiger charge is -2.39. The molecule has 2 heterocycles. The van der Waals surface area contributed by atoms with E-state index in [9.17, 15) is 0 Å². The summed E-state index contributed by atoms with van der Waals surface area (Å²) in [5.74, 6) is -1.82. The number of rotatable bonds is 2. The van der Waals surface area contributed by atoms with Gasteiger partial charge in [-0.3, -0.25) is 0 Å². The minimum absolute atomic E-state index is 0.553. The van der Waals surface area contributed by atoms with E-state index in [-0.39, 0.29) is 0 Å². The lowest BCUT2D eigenvalue weighted by atomic mass is 9.83. The van der Waals surface area contributed by atoms with Gasteiger partial charge in [-0.15, -0.1) is 0 Å². The average Bonchev–Trinajstić information content (AvgIpc) is 3.36. The molecular weight excluding hydrogens is 328 g/mol. The number of hydrogen-bond donors (Lipinski definition) is 0. The lowest BCUT2D eigenvalue weighted by Crippen LogP contribution is -2.41. The Hall–Kier alpha value is -2.24. The fraction of sp³-hybridized carbons (Fsp3) is 0.273. The Morgan fingerprint density at radius 1 is 0.500 bits per heavy atom. The number of benzene rings is 2. The van der Waals surface area contributed by atoms with Gasteiger partial charge in [0.25, 0.3) is 0 Å². The number of ether oxygens (including phenoxy) is 4. The van der Waals surface area contributed by atoms with Crippen LogP contribution in [-0.2, 0) is 18.9 Å². The maximum atomic E-state index is 6.12. The molecule has 132 valence electrons. The summed E-state index contributed by atoms with van der Waals surface area (Å²) in [6.07, 6.45) is 4.06. The molecule has 0 bridgehead atoms. The van der Waals surface area contributed by atoms with E-state index >= 15 is 0 Å². The predicted molar refractivity (Wildman–Crippen MR) is 98.1 cm³/mol. The lowest BCUT2D eigenvalue weighted by molar-refractivity contribution is -0.0907. The zero-order valence-corrected chi connectivity index (χ0v) is 14.4. The molecule has 0 radical (unpaired) electrons. The summed E-state index contributed by atoms with van der Waals surface area (Å²) in [6.45, 7) is 2.21. The van der Waals surface area contributed by atoms with Crippen LogP contribution in [0.15, 0.2) is 72.8 Å². The van der Waals surface area contributed by atoms with Crippen LogP contribution in [0.25, 0.3) is 11.1 Å². The van der Waals surface area contributed by atoms with E-state index in [1.807, 2.05) is 48.6 Å². The van der Waals surface area contributed by atoms with E-state index in [4.69, 9.17) is 18.9 Å². The minimum atomic E-state index is -0.910. The normalized spacial score (nSPS) is 23.2. The first-order valence-corrected chi connectivity index (χ1v) is 8.95. The molecule has 0 aromatic heterocycles. The highest BCUT2D eigenvalue weighted by molar-refractivity contribution is 5.87. The quantitative estimate of drug-likeness (QED) is 0.830. The highest BCUT2D eigenvalue weighted by atomic mass is 16.7. The Bertz CT molecular complexity index is 769. The topological polar surface area (TPSA) is 36.9 Å². The summed E-state index contributed by atoms with van der Waals surface area (Å²) in [5.41, 5.74) is 3.93. The molecule has 0 atom stereocenters. The third kappa shape index (κ3) is 2.46. The van der Waals surface area contributed by atoms with Crippen LogP contribution in [0.2, 0.25) is 0 Å². The van der Waals surface area contributed by atoms with Gasteiger partial charge in [-0.2, -0.15) is 0 Å². The molecule has 1 aliphatic carbocycles. The van der Waals surface area contributed by atoms with Crippen LogP contribution in [-0.4, -0.2) is 38.0 Å². The van der Waals surface area contributed by atoms with E-state index in [1.165, 1.54) is 0 Å². The summed E-state index contributed by atoms with van der Waals surface area (Å²) in [7, 11) is 0. The smallest absolute Gasteiger partial charge is 0.216 e. The number of hydrogen-bond acceptors (Lipinski definition) is 4. The molecule has 0 amide bonds. The largest absolute Gasteiger partial charge is 0.340 e. The zero-order valence-electron chi connectivity index (χ0n) is 14.4. The van der Waals surface area contributed by atoms with Crippen molar-refractivity contribution < 1.29 is 18.9 Å². The van der Waals surface area contributed by atoms with Crippen LogP contribution in [0.3, 0.4) is 0 Å². The van der Waals surface area contributed by atoms with Gasteiger partial charge in [0.05, 0.1) is 26.4 Å². The van der Waals surface area contributed by atoms with Crippen molar-refractivity contribution in [1.29, 1.82) is 0 Å². The van der Waals surface area contributed by atoms with Gasteiger partial charge in [0, 0.05) is 11.1 Å². The second-order valence-corrected chi connectivity index (χ2v) is 6.58. The standard InChI is InChI=1S/C22H20O4/c1-3-7-17(8-4-1)19-15-22(25-13-14-26-22)20(18-9-5-2-6-10-18)16-21(19)23-11-12-24-21/h1-10,15-16H,11-14H2. The maximum Gasteiger partial charge on any atom is 0.216 e. The second kappa shape index (κ2) is 6.18. The Morgan fingerprint density at radius 2 is 0.846 bits per heavy atom. The van der Waals surface area contributed by atoms with Crippen molar-refractivity contribution in [2.75, 3.05) is 26.4 Å². The molecule has 5 rings (SSSR count). The molecule has 0 saturated carbocycles. The Labute approximate surface area is 152 Å². The fourth-order valence-electron chi connectivity index (χ4n) is 3.88. The summed E-state index contributed by atoms with van der Waals surface area (Å²) in [4.78, 5) is 0. The molecule has 0 unspecified atom stereocenters. The summed E-state index contributed by atoms with van der Waals surface area (Å²) in [5, 5.41) is 0. The predicted octanol–water partition coefficient (Wildman–Crippen LogP) is 3.65. The third-order valence-electron chi connectivity index (χ3n) is 5.02. The van der Waals surface area contributed by atoms with Gasteiger partial charge < -0.3 is 18.9 Å². The third-order valence-corrected chi connectivity index (χ3v) is 5.02. The van der Waals surface area contributed by atoms with Gasteiger partial charge in [-0.25, -0.2) is 0 Å². The van der Waals surface area contributed by atoms with Crippen molar-refractivity contribution in [3.8, 4) is 0 Å². The molecule has 4 heteroatoms. The molecule has 0 N–H and O–H groups in total. The molecule has 4 nitrogen and oxygen atoms in total. The first-order chi connectivity index (χ1) is 12.8. The monoisotopic (exact) mass is 348 g/mol. The second-order valence-electron chi connectivity index (χ2n) is 6.58. The van der Waals surface area contributed by atoms with Crippen LogP contribution < -0.4 is 0 Å². The molecule has 3 aliphatic rings. The van der Waals surface area contributed by atoms with E-state index in [0.29, 0.717) is 26.4 Å². The van der Waals surface area contributed by atoms with Gasteiger partial charge in [0.15, 0.2) is 0 Å². The molecule has 2 spiro atoms. The van der Waals surface area contributed by atoms with Crippen molar-refractivity contribution in [3.05, 3.63) is 83.9 Å². The van der Waals surface area contributed by atoms with Crippen LogP contribution in [0.5, 0.6) is 0 Å². The van der Waals surface area contributed by atoms with E-state index in [1.54, 1.807) is 0 Å². The molecule has 2 fully saturated rings. The van der Waals surface area contributed by atoms with Crippen molar-refractivity contribution in [1.82, 2.24) is 0 Å². The van der Waals surface area contributed by atoms with Gasteiger partial charge in [-0.1, -0.05) is 60.7 Å². The molecule has 26 heavy (non-hydrogen) atoms. The van der Waals surface area contributed by atoms with Crippen LogP contribution in [0.1, 0.15) is 11.1 Å². The van der Waals surface area contributed by atoms with Gasteiger partial charge in [0.1, 0.15) is 0 Å². The highest BCUT2D eigenvalue weighted by Gasteiger charge is 2.51. The zero-order chi connectivity index (χ0) is 17.5. The molecule has 2 aliphatic heterocycles. The van der Waals surface area contributed by atoms with Gasteiger partial charge in [0.2, 0.25) is 11.6 Å². The summed E-state index contributed by atoms with van der Waals surface area (Å²) in [6, 6.07) is 20.3. The first kappa shape index (κ1) is 16.0. The van der Waals surface area contributed by atoms with E-state index in [2.05, 4.69) is 24.3 Å². The van der Waals surface area contributed by atoms with Crippen LogP contribution in [0.4, 0.5) is 0 Å². The maximum absolute atomic E-state index is 6.12. The summed E-state index contributed by atoms with van der Waals surface area (Å²) < 4.78 is 24.5. The Kier molecular flexibility index (Phi) is 3.80. The van der Waals surface area contributed by atoms with Crippen molar-refractivity contribution in [3.63, 3.8) is 0 Å².